The van der Waals surface area contributed by atoms with Gasteiger partial charge >= 0.3 is 0 Å². The fourth-order valence-electron chi connectivity index (χ4n) is 2.79. The quantitative estimate of drug-likeness (QED) is 0.552. The van der Waals surface area contributed by atoms with Crippen LogP contribution >= 0.6 is 0 Å². The number of fused-ring (bicyclic) bond motifs is 1. The van der Waals surface area contributed by atoms with Crippen molar-refractivity contribution in [3.05, 3.63) is 48.3 Å². The molecular formula is C18H21N5O4S. The molecular weight excluding hydrogens is 382 g/mol. The Bertz CT molecular complexity index is 1090. The zero-order valence-electron chi connectivity index (χ0n) is 15.6. The second kappa shape index (κ2) is 7.87. The molecule has 148 valence electrons. The van der Waals surface area contributed by atoms with Crippen molar-refractivity contribution in [3.8, 4) is 11.5 Å². The lowest BCUT2D eigenvalue weighted by Gasteiger charge is -2.17. The van der Waals surface area contributed by atoms with Crippen LogP contribution < -0.4 is 24.7 Å². The third-order valence-electron chi connectivity index (χ3n) is 4.16. The summed E-state index contributed by atoms with van der Waals surface area (Å²) in [7, 11) is -0.660. The summed E-state index contributed by atoms with van der Waals surface area (Å²) in [5.41, 5.74) is 2.05. The van der Waals surface area contributed by atoms with Crippen LogP contribution in [0.3, 0.4) is 0 Å². The lowest BCUT2D eigenvalue weighted by molar-refractivity contribution is 0.356. The highest BCUT2D eigenvalue weighted by atomic mass is 32.2. The minimum atomic E-state index is -3.80. The molecule has 10 heteroatoms. The van der Waals surface area contributed by atoms with Crippen LogP contribution in [0.2, 0.25) is 0 Å². The molecule has 1 atom stereocenters. The zero-order chi connectivity index (χ0) is 20.3. The largest absolute Gasteiger partial charge is 0.493 e. The number of aromatic nitrogens is 2. The number of rotatable bonds is 7. The van der Waals surface area contributed by atoms with E-state index in [1.165, 1.54) is 6.33 Å². The number of nitrogens with zero attached hydrogens (tertiary/aromatic N) is 2. The molecule has 0 radical (unpaired) electrons. The minimum absolute atomic E-state index is 0.102. The SMILES string of the molecule is COc1cc2ncnc(N[C@H](C)c3ccc(NS(N)(=O)=O)cc3)c2cc1OC. The van der Waals surface area contributed by atoms with Crippen molar-refractivity contribution in [2.45, 2.75) is 13.0 Å². The first kappa shape index (κ1) is 19.6. The first-order valence-electron chi connectivity index (χ1n) is 8.34. The molecule has 0 bridgehead atoms. The number of benzene rings is 2. The van der Waals surface area contributed by atoms with Gasteiger partial charge in [0.1, 0.15) is 12.1 Å². The highest BCUT2D eigenvalue weighted by Gasteiger charge is 2.13. The standard InChI is InChI=1S/C18H21N5O4S/c1-11(12-4-6-13(7-5-12)23-28(19,24)25)22-18-14-8-16(26-2)17(27-3)9-15(14)20-10-21-18/h4-11,23H,1-3H3,(H2,19,24,25)(H,20,21,22)/t11-/m1/s1. The summed E-state index contributed by atoms with van der Waals surface area (Å²) < 4.78 is 35.1. The fourth-order valence-corrected chi connectivity index (χ4v) is 3.26. The summed E-state index contributed by atoms with van der Waals surface area (Å²) in [5, 5.41) is 9.12. The van der Waals surface area contributed by atoms with Crippen molar-refractivity contribution >= 4 is 32.6 Å². The van der Waals surface area contributed by atoms with Crippen molar-refractivity contribution in [2.75, 3.05) is 24.3 Å². The van der Waals surface area contributed by atoms with Gasteiger partial charge in [0, 0.05) is 23.2 Å². The van der Waals surface area contributed by atoms with Gasteiger partial charge in [-0.1, -0.05) is 12.1 Å². The summed E-state index contributed by atoms with van der Waals surface area (Å²) in [6.45, 7) is 1.97. The Kier molecular flexibility index (Phi) is 5.52. The van der Waals surface area contributed by atoms with Gasteiger partial charge in [0.25, 0.3) is 10.2 Å². The summed E-state index contributed by atoms with van der Waals surface area (Å²) in [6.07, 6.45) is 1.47. The highest BCUT2D eigenvalue weighted by Crippen LogP contribution is 2.34. The molecule has 0 aliphatic rings. The van der Waals surface area contributed by atoms with Gasteiger partial charge in [-0.05, 0) is 30.7 Å². The van der Waals surface area contributed by atoms with Gasteiger partial charge in [-0.2, -0.15) is 8.42 Å². The maximum absolute atomic E-state index is 11.1. The number of nitrogens with two attached hydrogens (primary N) is 1. The molecule has 0 amide bonds. The van der Waals surface area contributed by atoms with E-state index in [0.717, 1.165) is 16.5 Å². The van der Waals surface area contributed by atoms with E-state index in [2.05, 4.69) is 20.0 Å². The molecule has 0 aliphatic carbocycles. The van der Waals surface area contributed by atoms with Gasteiger partial charge in [0.15, 0.2) is 11.5 Å². The number of anilines is 2. The Balaban J connectivity index is 1.87. The molecule has 0 unspecified atom stereocenters. The Hall–Kier alpha value is -3.11. The smallest absolute Gasteiger partial charge is 0.296 e. The maximum Gasteiger partial charge on any atom is 0.296 e. The van der Waals surface area contributed by atoms with E-state index in [0.29, 0.717) is 23.0 Å². The number of methoxy groups -OCH3 is 2. The third-order valence-corrected chi connectivity index (χ3v) is 4.68. The molecule has 0 saturated heterocycles. The van der Waals surface area contributed by atoms with Gasteiger partial charge in [0.05, 0.1) is 19.7 Å². The minimum Gasteiger partial charge on any atom is -0.493 e. The normalized spacial score (nSPS) is 12.4. The van der Waals surface area contributed by atoms with Gasteiger partial charge in [-0.3, -0.25) is 4.72 Å². The number of ether oxygens (including phenoxy) is 2. The molecule has 0 fully saturated rings. The predicted molar refractivity (Wildman–Crippen MR) is 108 cm³/mol. The van der Waals surface area contributed by atoms with Crippen LogP contribution in [0.15, 0.2) is 42.7 Å². The van der Waals surface area contributed by atoms with Gasteiger partial charge < -0.3 is 14.8 Å². The first-order valence-corrected chi connectivity index (χ1v) is 9.89. The molecule has 4 N–H and O–H groups in total. The van der Waals surface area contributed by atoms with E-state index in [1.807, 2.05) is 13.0 Å². The van der Waals surface area contributed by atoms with E-state index in [-0.39, 0.29) is 6.04 Å². The first-order chi connectivity index (χ1) is 13.3. The fraction of sp³-hybridized carbons (Fsp3) is 0.222. The molecule has 3 aromatic rings. The molecule has 0 saturated carbocycles. The number of hydrogen-bond acceptors (Lipinski definition) is 7. The van der Waals surface area contributed by atoms with Crippen LogP contribution in [-0.2, 0) is 10.2 Å². The molecule has 28 heavy (non-hydrogen) atoms. The van der Waals surface area contributed by atoms with Crippen molar-refractivity contribution in [3.63, 3.8) is 0 Å². The average molecular weight is 403 g/mol. The van der Waals surface area contributed by atoms with Crippen LogP contribution in [0.5, 0.6) is 11.5 Å². The zero-order valence-corrected chi connectivity index (χ0v) is 16.4. The van der Waals surface area contributed by atoms with Crippen molar-refractivity contribution in [1.82, 2.24) is 9.97 Å². The lowest BCUT2D eigenvalue weighted by atomic mass is 10.1. The number of hydrogen-bond donors (Lipinski definition) is 3. The Labute approximate surface area is 163 Å². The van der Waals surface area contributed by atoms with E-state index < -0.39 is 10.2 Å². The highest BCUT2D eigenvalue weighted by molar-refractivity contribution is 7.90. The monoisotopic (exact) mass is 403 g/mol. The predicted octanol–water partition coefficient (Wildman–Crippen LogP) is 2.44. The van der Waals surface area contributed by atoms with Gasteiger partial charge in [-0.15, -0.1) is 0 Å². The van der Waals surface area contributed by atoms with Crippen LogP contribution in [0, 0.1) is 0 Å². The van der Waals surface area contributed by atoms with Crippen LogP contribution in [0.25, 0.3) is 10.9 Å². The molecule has 0 spiro atoms. The maximum atomic E-state index is 11.1. The summed E-state index contributed by atoms with van der Waals surface area (Å²) in [6, 6.07) is 10.4. The van der Waals surface area contributed by atoms with Crippen molar-refractivity contribution in [1.29, 1.82) is 0 Å². The summed E-state index contributed by atoms with van der Waals surface area (Å²) in [4.78, 5) is 8.63. The van der Waals surface area contributed by atoms with E-state index in [4.69, 9.17) is 14.6 Å². The second-order valence-corrected chi connectivity index (χ2v) is 7.38. The van der Waals surface area contributed by atoms with Crippen molar-refractivity contribution in [2.24, 2.45) is 5.14 Å². The molecule has 1 aromatic heterocycles. The van der Waals surface area contributed by atoms with Gasteiger partial charge in [0.2, 0.25) is 0 Å². The second-order valence-electron chi connectivity index (χ2n) is 6.08. The molecule has 2 aromatic carbocycles. The van der Waals surface area contributed by atoms with Crippen LogP contribution in [-0.4, -0.2) is 32.6 Å². The van der Waals surface area contributed by atoms with Crippen LogP contribution in [0.4, 0.5) is 11.5 Å². The van der Waals surface area contributed by atoms with Gasteiger partial charge in [-0.25, -0.2) is 15.1 Å². The summed E-state index contributed by atoms with van der Waals surface area (Å²) in [5.74, 6) is 1.81. The Morgan fingerprint density at radius 1 is 1.04 bits per heavy atom. The lowest BCUT2D eigenvalue weighted by Crippen LogP contribution is -2.21. The molecule has 1 heterocycles. The molecule has 9 nitrogen and oxygen atoms in total. The third kappa shape index (κ3) is 4.41. The Morgan fingerprint density at radius 2 is 1.68 bits per heavy atom. The average Bonchev–Trinajstić information content (AvgIpc) is 2.66. The Morgan fingerprint density at radius 3 is 2.29 bits per heavy atom. The van der Waals surface area contributed by atoms with Crippen LogP contribution in [0.1, 0.15) is 18.5 Å². The topological polar surface area (TPSA) is 128 Å². The van der Waals surface area contributed by atoms with Crippen molar-refractivity contribution < 1.29 is 17.9 Å². The van der Waals surface area contributed by atoms with E-state index in [9.17, 15) is 8.42 Å². The van der Waals surface area contributed by atoms with E-state index >= 15 is 0 Å². The summed E-state index contributed by atoms with van der Waals surface area (Å²) >= 11 is 0. The molecule has 0 aliphatic heterocycles. The molecule has 3 rings (SSSR count). The van der Waals surface area contributed by atoms with E-state index in [1.54, 1.807) is 44.6 Å². The number of nitrogens with one attached hydrogen (secondary N) is 2.